The summed E-state index contributed by atoms with van der Waals surface area (Å²) < 4.78 is 6.57. The molecule has 2 aromatic rings. The largest absolute Gasteiger partial charge is 0.379 e. The summed E-state index contributed by atoms with van der Waals surface area (Å²) in [5.74, 6) is 0. The van der Waals surface area contributed by atoms with Crippen LogP contribution in [-0.4, -0.2) is 50.3 Å². The van der Waals surface area contributed by atoms with Gasteiger partial charge in [-0.2, -0.15) is 0 Å². The van der Waals surface area contributed by atoms with E-state index in [2.05, 4.69) is 37.5 Å². The highest BCUT2D eigenvalue weighted by atomic mass is 79.9. The maximum atomic E-state index is 12.2. The minimum Gasteiger partial charge on any atom is -0.379 e. The van der Waals surface area contributed by atoms with Gasteiger partial charge in [0.2, 0.25) is 0 Å². The van der Waals surface area contributed by atoms with Gasteiger partial charge in [0.05, 0.1) is 23.0 Å². The molecule has 27 heavy (non-hydrogen) atoms. The van der Waals surface area contributed by atoms with Crippen LogP contribution < -0.4 is 10.6 Å². The molecule has 8 heteroatoms. The van der Waals surface area contributed by atoms with Gasteiger partial charge in [0.15, 0.2) is 0 Å². The Kier molecular flexibility index (Phi) is 7.96. The maximum absolute atomic E-state index is 12.2. The zero-order valence-corrected chi connectivity index (χ0v) is 18.1. The number of nitrogens with one attached hydrogen (secondary N) is 2. The van der Waals surface area contributed by atoms with E-state index in [1.807, 2.05) is 30.3 Å². The number of nitrogens with zero attached hydrogens (tertiary/aromatic N) is 1. The first-order valence-corrected chi connectivity index (χ1v) is 10.9. The third-order valence-corrected chi connectivity index (χ3v) is 6.52. The number of urea groups is 1. The topological polar surface area (TPSA) is 53.6 Å². The van der Waals surface area contributed by atoms with Crippen LogP contribution in [0.15, 0.2) is 40.2 Å². The summed E-state index contributed by atoms with van der Waals surface area (Å²) in [6, 6.07) is 11.8. The molecule has 1 aromatic carbocycles. The molecule has 5 nitrogen and oxygen atoms in total. The lowest BCUT2D eigenvalue weighted by Gasteiger charge is -2.35. The molecule has 0 aliphatic carbocycles. The number of hydrogen-bond acceptors (Lipinski definition) is 4. The van der Waals surface area contributed by atoms with Crippen LogP contribution in [0.4, 0.5) is 4.79 Å². The fourth-order valence-corrected chi connectivity index (χ4v) is 4.85. The van der Waals surface area contributed by atoms with Gasteiger partial charge in [0.1, 0.15) is 0 Å². The Hall–Kier alpha value is -1.12. The van der Waals surface area contributed by atoms with E-state index in [1.54, 1.807) is 11.3 Å². The molecule has 0 saturated carbocycles. The van der Waals surface area contributed by atoms with Gasteiger partial charge >= 0.3 is 6.03 Å². The number of benzene rings is 1. The van der Waals surface area contributed by atoms with Gasteiger partial charge in [-0.1, -0.05) is 29.8 Å². The summed E-state index contributed by atoms with van der Waals surface area (Å²) in [5.41, 5.74) is 1.03. The number of morpholine rings is 1. The van der Waals surface area contributed by atoms with E-state index in [-0.39, 0.29) is 12.1 Å². The summed E-state index contributed by atoms with van der Waals surface area (Å²) in [7, 11) is 0. The summed E-state index contributed by atoms with van der Waals surface area (Å²) in [6.07, 6.45) is 0.821. The van der Waals surface area contributed by atoms with Gasteiger partial charge in [-0.05, 0) is 46.1 Å². The Morgan fingerprint density at radius 1 is 1.22 bits per heavy atom. The molecule has 2 N–H and O–H groups in total. The summed E-state index contributed by atoms with van der Waals surface area (Å²) in [6.45, 7) is 4.15. The Balaban J connectivity index is 1.54. The lowest BCUT2D eigenvalue weighted by atomic mass is 10.0. The molecule has 1 aliphatic heterocycles. The normalized spacial score (nSPS) is 16.1. The highest BCUT2D eigenvalue weighted by Crippen LogP contribution is 2.27. The van der Waals surface area contributed by atoms with Crippen molar-refractivity contribution in [2.45, 2.75) is 12.5 Å². The average Bonchev–Trinajstić information content (AvgIpc) is 3.09. The van der Waals surface area contributed by atoms with E-state index in [4.69, 9.17) is 16.3 Å². The molecule has 1 saturated heterocycles. The first kappa shape index (κ1) is 20.6. The second kappa shape index (κ2) is 10.4. The van der Waals surface area contributed by atoms with Crippen molar-refractivity contribution < 1.29 is 9.53 Å². The molecule has 2 heterocycles. The molecular weight excluding hydrogens is 450 g/mol. The molecule has 1 aromatic heterocycles. The lowest BCUT2D eigenvalue weighted by molar-refractivity contribution is 0.0167. The second-order valence-corrected chi connectivity index (χ2v) is 9.23. The van der Waals surface area contributed by atoms with Crippen LogP contribution in [0, 0.1) is 0 Å². The van der Waals surface area contributed by atoms with Crippen molar-refractivity contribution in [2.75, 3.05) is 39.4 Å². The molecule has 3 rings (SSSR count). The van der Waals surface area contributed by atoms with Crippen LogP contribution in [0.3, 0.4) is 0 Å². The highest BCUT2D eigenvalue weighted by Gasteiger charge is 2.24. The maximum Gasteiger partial charge on any atom is 0.314 e. The summed E-state index contributed by atoms with van der Waals surface area (Å²) in [4.78, 5) is 15.8. The predicted octanol–water partition coefficient (Wildman–Crippen LogP) is 4.08. The fraction of sp³-hybridized carbons (Fsp3) is 0.421. The van der Waals surface area contributed by atoms with E-state index in [0.717, 1.165) is 33.9 Å². The number of carbonyl (C=O) groups is 1. The zero-order chi connectivity index (χ0) is 19.1. The average molecular weight is 473 g/mol. The van der Waals surface area contributed by atoms with Crippen LogP contribution in [0.1, 0.15) is 16.5 Å². The number of hydrogen-bond donors (Lipinski definition) is 2. The molecule has 1 fully saturated rings. The number of thiophene rings is 1. The first-order valence-electron chi connectivity index (χ1n) is 8.95. The quantitative estimate of drug-likeness (QED) is 0.638. The minimum atomic E-state index is -0.157. The number of ether oxygens (including phenoxy) is 1. The molecule has 2 amide bonds. The summed E-state index contributed by atoms with van der Waals surface area (Å²) in [5, 5.41) is 6.65. The third-order valence-electron chi connectivity index (χ3n) is 4.49. The number of halogens is 2. The molecule has 0 bridgehead atoms. The van der Waals surface area contributed by atoms with Gasteiger partial charge in [0, 0.05) is 36.1 Å². The van der Waals surface area contributed by atoms with Crippen molar-refractivity contribution in [1.29, 1.82) is 0 Å². The molecule has 146 valence electrons. The Morgan fingerprint density at radius 3 is 2.70 bits per heavy atom. The van der Waals surface area contributed by atoms with Crippen molar-refractivity contribution in [3.05, 3.63) is 55.6 Å². The van der Waals surface area contributed by atoms with Crippen molar-refractivity contribution in [1.82, 2.24) is 15.5 Å². The van der Waals surface area contributed by atoms with Gasteiger partial charge in [0.25, 0.3) is 0 Å². The molecule has 0 spiro atoms. The van der Waals surface area contributed by atoms with E-state index in [0.29, 0.717) is 26.3 Å². The highest BCUT2D eigenvalue weighted by molar-refractivity contribution is 9.11. The van der Waals surface area contributed by atoms with Crippen LogP contribution in [0.25, 0.3) is 0 Å². The van der Waals surface area contributed by atoms with Crippen LogP contribution in [0.5, 0.6) is 0 Å². The molecular formula is C19H23BrClN3O2S. The predicted molar refractivity (Wildman–Crippen MR) is 114 cm³/mol. The summed E-state index contributed by atoms with van der Waals surface area (Å²) >= 11 is 11.6. The van der Waals surface area contributed by atoms with E-state index in [9.17, 15) is 4.79 Å². The number of amides is 2. The third kappa shape index (κ3) is 6.19. The minimum absolute atomic E-state index is 0.0293. The Labute approximate surface area is 177 Å². The molecule has 0 radical (unpaired) electrons. The van der Waals surface area contributed by atoms with Crippen molar-refractivity contribution in [3.8, 4) is 0 Å². The van der Waals surface area contributed by atoms with Crippen LogP contribution in [0.2, 0.25) is 5.02 Å². The Morgan fingerprint density at radius 2 is 2.00 bits per heavy atom. The van der Waals surface area contributed by atoms with Crippen molar-refractivity contribution in [2.24, 2.45) is 0 Å². The van der Waals surface area contributed by atoms with Gasteiger partial charge < -0.3 is 15.4 Å². The SMILES string of the molecule is O=C(NCCc1ccc(Br)s1)NCC(c1ccccc1Cl)N1CCOCC1. The number of carbonyl (C=O) groups excluding carboxylic acids is 1. The lowest BCUT2D eigenvalue weighted by Crippen LogP contribution is -2.46. The van der Waals surface area contributed by atoms with Crippen molar-refractivity contribution >= 4 is 44.9 Å². The molecule has 1 aliphatic rings. The molecule has 1 unspecified atom stereocenters. The second-order valence-electron chi connectivity index (χ2n) is 6.28. The Bertz CT molecular complexity index is 752. The van der Waals surface area contributed by atoms with Crippen LogP contribution in [-0.2, 0) is 11.2 Å². The monoisotopic (exact) mass is 471 g/mol. The smallest absolute Gasteiger partial charge is 0.314 e. The van der Waals surface area contributed by atoms with E-state index < -0.39 is 0 Å². The zero-order valence-electron chi connectivity index (χ0n) is 14.9. The van der Waals surface area contributed by atoms with Gasteiger partial charge in [-0.3, -0.25) is 4.90 Å². The van der Waals surface area contributed by atoms with Crippen LogP contribution >= 0.6 is 38.9 Å². The van der Waals surface area contributed by atoms with E-state index >= 15 is 0 Å². The van der Waals surface area contributed by atoms with E-state index in [1.165, 1.54) is 4.88 Å². The first-order chi connectivity index (χ1) is 13.1. The van der Waals surface area contributed by atoms with Gasteiger partial charge in [-0.15, -0.1) is 11.3 Å². The fourth-order valence-electron chi connectivity index (χ4n) is 3.11. The van der Waals surface area contributed by atoms with Crippen molar-refractivity contribution in [3.63, 3.8) is 0 Å². The standard InChI is InChI=1S/C19H23BrClN3O2S/c20-18-6-5-14(27-18)7-8-22-19(25)23-13-17(24-9-11-26-12-10-24)15-3-1-2-4-16(15)21/h1-6,17H,7-13H2,(H2,22,23,25). The van der Waals surface area contributed by atoms with Gasteiger partial charge in [-0.25, -0.2) is 4.79 Å². The number of rotatable bonds is 7. The molecule has 1 atom stereocenters.